The second-order valence-electron chi connectivity index (χ2n) is 9.32. The fourth-order valence-corrected chi connectivity index (χ4v) is 5.57. The summed E-state index contributed by atoms with van der Waals surface area (Å²) in [5, 5.41) is 2.58. The summed E-state index contributed by atoms with van der Waals surface area (Å²) in [6.07, 6.45) is -0.102. The van der Waals surface area contributed by atoms with Crippen LogP contribution in [0.3, 0.4) is 0 Å². The first-order valence-corrected chi connectivity index (χ1v) is 13.1. The van der Waals surface area contributed by atoms with Crippen molar-refractivity contribution >= 4 is 21.5 Å². The third-order valence-electron chi connectivity index (χ3n) is 6.40. The van der Waals surface area contributed by atoms with Crippen LogP contribution in [0, 0.1) is 6.92 Å². The van der Waals surface area contributed by atoms with Crippen LogP contribution >= 0.6 is 0 Å². The van der Waals surface area contributed by atoms with Gasteiger partial charge in [0, 0.05) is 37.4 Å². The maximum Gasteiger partial charge on any atom is 0.412 e. The maximum atomic E-state index is 14.5. The van der Waals surface area contributed by atoms with E-state index in [4.69, 9.17) is 0 Å². The van der Waals surface area contributed by atoms with Crippen molar-refractivity contribution in [2.45, 2.75) is 62.8 Å². The Morgan fingerprint density at radius 1 is 1.19 bits per heavy atom. The number of hydrogen-bond acceptors (Lipinski definition) is 6. The van der Waals surface area contributed by atoms with E-state index in [0.717, 1.165) is 24.3 Å². The van der Waals surface area contributed by atoms with Gasteiger partial charge in [-0.15, -0.1) is 0 Å². The number of Topliss-reactive ketones (excluding diaryl/α,β-unsaturated/α-hetero) is 1. The summed E-state index contributed by atoms with van der Waals surface area (Å²) in [6.45, 7) is 5.65. The van der Waals surface area contributed by atoms with Crippen LogP contribution in [0.4, 0.5) is 13.2 Å². The zero-order valence-corrected chi connectivity index (χ0v) is 21.4. The zero-order chi connectivity index (χ0) is 27.1. The van der Waals surface area contributed by atoms with Gasteiger partial charge in [-0.25, -0.2) is 8.42 Å². The van der Waals surface area contributed by atoms with Gasteiger partial charge >= 0.3 is 6.18 Å². The number of halogens is 3. The normalized spacial score (nSPS) is 20.9. The number of ketones is 1. The van der Waals surface area contributed by atoms with Crippen LogP contribution in [0.2, 0.25) is 0 Å². The van der Waals surface area contributed by atoms with E-state index < -0.39 is 50.8 Å². The Morgan fingerprint density at radius 2 is 1.81 bits per heavy atom. The van der Waals surface area contributed by atoms with E-state index in [9.17, 15) is 31.2 Å². The fourth-order valence-electron chi connectivity index (χ4n) is 4.61. The lowest BCUT2D eigenvalue weighted by molar-refractivity contribution is -0.232. The molecule has 7 nitrogen and oxygen atoms in total. The molecule has 1 aliphatic rings. The predicted molar refractivity (Wildman–Crippen MR) is 128 cm³/mol. The highest BCUT2D eigenvalue weighted by molar-refractivity contribution is 7.90. The van der Waals surface area contributed by atoms with E-state index in [-0.39, 0.29) is 17.0 Å². The molecule has 194 valence electrons. The molecule has 0 radical (unpaired) electrons. The average molecular weight is 524 g/mol. The Morgan fingerprint density at radius 3 is 2.31 bits per heavy atom. The Balaban J connectivity index is 1.99. The van der Waals surface area contributed by atoms with Crippen LogP contribution in [0.1, 0.15) is 43.4 Å². The van der Waals surface area contributed by atoms with Gasteiger partial charge < -0.3 is 10.2 Å². The smallest absolute Gasteiger partial charge is 0.359 e. The number of benzene rings is 1. The molecule has 36 heavy (non-hydrogen) atoms. The number of pyridine rings is 1. The number of rotatable bonds is 6. The molecule has 2 heterocycles. The summed E-state index contributed by atoms with van der Waals surface area (Å²) < 4.78 is 67.2. The van der Waals surface area contributed by atoms with E-state index in [1.165, 1.54) is 36.7 Å². The Kier molecular flexibility index (Phi) is 7.36. The first-order valence-electron chi connectivity index (χ1n) is 11.2. The van der Waals surface area contributed by atoms with Gasteiger partial charge in [0.1, 0.15) is 5.54 Å². The first kappa shape index (κ1) is 27.4. The minimum Gasteiger partial charge on any atom is -0.359 e. The number of amides is 1. The van der Waals surface area contributed by atoms with Gasteiger partial charge in [-0.3, -0.25) is 14.6 Å². The maximum absolute atomic E-state index is 14.5. The third-order valence-corrected chi connectivity index (χ3v) is 7.66. The van der Waals surface area contributed by atoms with E-state index in [1.54, 1.807) is 26.8 Å². The summed E-state index contributed by atoms with van der Waals surface area (Å²) >= 11 is 0. The Labute approximate surface area is 208 Å². The molecule has 2 atom stereocenters. The van der Waals surface area contributed by atoms with Crippen molar-refractivity contribution < 1.29 is 31.2 Å². The second-order valence-corrected chi connectivity index (χ2v) is 11.3. The Bertz CT molecular complexity index is 1310. The molecule has 1 aromatic carbocycles. The highest BCUT2D eigenvalue weighted by Crippen LogP contribution is 2.50. The molecule has 2 unspecified atom stereocenters. The molecule has 1 aliphatic heterocycles. The zero-order valence-electron chi connectivity index (χ0n) is 20.6. The van der Waals surface area contributed by atoms with Crippen LogP contribution in [0.5, 0.6) is 0 Å². The van der Waals surface area contributed by atoms with Crippen LogP contribution < -0.4 is 5.32 Å². The molecule has 1 aromatic heterocycles. The van der Waals surface area contributed by atoms with E-state index in [1.807, 2.05) is 0 Å². The van der Waals surface area contributed by atoms with Gasteiger partial charge in [0.15, 0.2) is 15.6 Å². The van der Waals surface area contributed by atoms with Crippen LogP contribution in [0.25, 0.3) is 0 Å². The van der Waals surface area contributed by atoms with Gasteiger partial charge in [0.05, 0.1) is 16.4 Å². The van der Waals surface area contributed by atoms with Crippen molar-refractivity contribution in [3.05, 3.63) is 71.2 Å². The van der Waals surface area contributed by atoms with Gasteiger partial charge in [-0.05, 0) is 62.6 Å². The number of aromatic nitrogens is 1. The molecule has 0 saturated carbocycles. The van der Waals surface area contributed by atoms with E-state index >= 15 is 0 Å². The van der Waals surface area contributed by atoms with Crippen molar-refractivity contribution in [3.63, 3.8) is 0 Å². The lowest BCUT2D eigenvalue weighted by Crippen LogP contribution is -2.64. The first-order chi connectivity index (χ1) is 16.6. The summed E-state index contributed by atoms with van der Waals surface area (Å²) in [7, 11) is -3.42. The molecular weight excluding hydrogens is 495 g/mol. The minimum absolute atomic E-state index is 0.0491. The molecule has 0 spiro atoms. The lowest BCUT2D eigenvalue weighted by Gasteiger charge is -2.51. The molecule has 1 amide bonds. The van der Waals surface area contributed by atoms with Gasteiger partial charge in [-0.1, -0.05) is 12.1 Å². The van der Waals surface area contributed by atoms with E-state index in [0.29, 0.717) is 11.1 Å². The Hall–Kier alpha value is -3.21. The molecule has 3 rings (SSSR count). The number of aryl methyl sites for hydroxylation is 1. The number of hydrogen-bond donors (Lipinski definition) is 1. The van der Waals surface area contributed by atoms with Crippen molar-refractivity contribution in [2.75, 3.05) is 6.26 Å². The van der Waals surface area contributed by atoms with Crippen molar-refractivity contribution in [1.29, 1.82) is 0 Å². The number of sulfone groups is 1. The molecule has 0 bridgehead atoms. The summed E-state index contributed by atoms with van der Waals surface area (Å²) in [4.78, 5) is 31.6. The molecular formula is C25H28F3N3O4S. The number of nitrogens with one attached hydrogen (secondary N) is 1. The van der Waals surface area contributed by atoms with Gasteiger partial charge in [0.25, 0.3) is 5.91 Å². The molecule has 1 N–H and O–H groups in total. The average Bonchev–Trinajstić information content (AvgIpc) is 2.76. The van der Waals surface area contributed by atoms with Gasteiger partial charge in [0.2, 0.25) is 0 Å². The summed E-state index contributed by atoms with van der Waals surface area (Å²) in [5.74, 6) is -3.46. The van der Waals surface area contributed by atoms with Crippen molar-refractivity contribution in [3.8, 4) is 0 Å². The quantitative estimate of drug-likeness (QED) is 0.581. The molecule has 2 aromatic rings. The highest BCUT2D eigenvalue weighted by Gasteiger charge is 2.64. The SMILES string of the molecule is Cc1cc(CNC(=O)C2=CN(C(C)C)C(C)(C(F)(F)F)C(c3ccncc3)C2=O)ccc1S(C)(=O)=O. The number of carbonyl (C=O) groups is 2. The number of alkyl halides is 3. The topological polar surface area (TPSA) is 96.4 Å². The largest absolute Gasteiger partial charge is 0.412 e. The summed E-state index contributed by atoms with van der Waals surface area (Å²) in [5.41, 5.74) is -1.82. The highest BCUT2D eigenvalue weighted by atomic mass is 32.2. The third kappa shape index (κ3) is 5.02. The molecule has 11 heteroatoms. The molecule has 0 fully saturated rings. The van der Waals surface area contributed by atoms with Crippen molar-refractivity contribution in [2.24, 2.45) is 0 Å². The van der Waals surface area contributed by atoms with Crippen LogP contribution in [0.15, 0.2) is 59.4 Å². The standard InChI is InChI=1S/C25H28F3N3O4S/c1-15(2)31-14-19(23(33)30-13-17-6-7-20(16(3)12-17)36(5,34)35)22(32)21(18-8-10-29-11-9-18)24(31,4)25(26,27)28/h6-12,14-15,21H,13H2,1-5H3,(H,30,33). The van der Waals surface area contributed by atoms with Crippen molar-refractivity contribution in [1.82, 2.24) is 15.2 Å². The molecule has 0 saturated heterocycles. The van der Waals surface area contributed by atoms with E-state index in [2.05, 4.69) is 10.3 Å². The number of nitrogens with zero attached hydrogens (tertiary/aromatic N) is 2. The van der Waals surface area contributed by atoms with Crippen LogP contribution in [-0.4, -0.2) is 54.0 Å². The summed E-state index contributed by atoms with van der Waals surface area (Å²) in [6, 6.07) is 6.56. The predicted octanol–water partition coefficient (Wildman–Crippen LogP) is 3.69. The monoisotopic (exact) mass is 523 g/mol. The van der Waals surface area contributed by atoms with Gasteiger partial charge in [-0.2, -0.15) is 13.2 Å². The lowest BCUT2D eigenvalue weighted by atomic mass is 9.71. The van der Waals surface area contributed by atoms with Crippen LogP contribution in [-0.2, 0) is 26.0 Å². The minimum atomic E-state index is -4.79. The molecule has 0 aliphatic carbocycles. The number of carbonyl (C=O) groups excluding carboxylic acids is 2. The fraction of sp³-hybridized carbons (Fsp3) is 0.400. The second kappa shape index (κ2) is 9.68.